The molecule has 1 aliphatic rings. The minimum Gasteiger partial charge on any atom is -0.486 e. The van der Waals surface area contributed by atoms with Crippen LogP contribution in [0.1, 0.15) is 23.0 Å². The first kappa shape index (κ1) is 15.9. The van der Waals surface area contributed by atoms with Gasteiger partial charge in [0.2, 0.25) is 0 Å². The van der Waals surface area contributed by atoms with Crippen molar-refractivity contribution in [2.75, 3.05) is 13.2 Å². The van der Waals surface area contributed by atoms with Gasteiger partial charge in [-0.3, -0.25) is 4.79 Å². The normalized spacial score (nSPS) is 13.9. The van der Waals surface area contributed by atoms with Crippen molar-refractivity contribution >= 4 is 11.9 Å². The zero-order valence-corrected chi connectivity index (χ0v) is 13.1. The van der Waals surface area contributed by atoms with Crippen LogP contribution in [0.5, 0.6) is 11.5 Å². The van der Waals surface area contributed by atoms with Gasteiger partial charge in [0, 0.05) is 0 Å². The molecule has 0 saturated heterocycles. The zero-order chi connectivity index (χ0) is 16.9. The second-order valence-corrected chi connectivity index (χ2v) is 5.20. The highest BCUT2D eigenvalue weighted by Gasteiger charge is 2.21. The lowest BCUT2D eigenvalue weighted by Gasteiger charge is -2.19. The van der Waals surface area contributed by atoms with Gasteiger partial charge in [-0.05, 0) is 37.3 Å². The first-order valence-electron chi connectivity index (χ1n) is 7.54. The number of hydrogen-bond donors (Lipinski definition) is 1. The maximum Gasteiger partial charge on any atom is 0.339 e. The highest BCUT2D eigenvalue weighted by molar-refractivity contribution is 5.92. The minimum atomic E-state index is -0.930. The van der Waals surface area contributed by atoms with E-state index in [4.69, 9.17) is 18.6 Å². The van der Waals surface area contributed by atoms with Gasteiger partial charge in [0.05, 0.1) is 18.4 Å². The van der Waals surface area contributed by atoms with Crippen LogP contribution in [-0.2, 0) is 16.1 Å². The smallest absolute Gasteiger partial charge is 0.339 e. The molecule has 1 amide bonds. The lowest BCUT2D eigenvalue weighted by atomic mass is 10.2. The highest BCUT2D eigenvalue weighted by atomic mass is 16.6. The Labute approximate surface area is 138 Å². The molecule has 1 aromatic heterocycles. The van der Waals surface area contributed by atoms with E-state index in [0.717, 1.165) is 0 Å². The average molecular weight is 331 g/mol. The minimum absolute atomic E-state index is 0.234. The Morgan fingerprint density at radius 3 is 2.75 bits per heavy atom. The van der Waals surface area contributed by atoms with E-state index in [2.05, 4.69) is 5.32 Å². The molecule has 1 N–H and O–H groups in total. The number of hydrogen-bond acceptors (Lipinski definition) is 6. The third kappa shape index (κ3) is 3.68. The van der Waals surface area contributed by atoms with E-state index in [1.54, 1.807) is 30.3 Å². The number of esters is 1. The molecule has 0 unspecified atom stereocenters. The van der Waals surface area contributed by atoms with Gasteiger partial charge < -0.3 is 23.9 Å². The Kier molecular flexibility index (Phi) is 4.69. The van der Waals surface area contributed by atoms with Crippen molar-refractivity contribution < 1.29 is 28.2 Å². The van der Waals surface area contributed by atoms with Crippen LogP contribution in [-0.4, -0.2) is 31.2 Å². The van der Waals surface area contributed by atoms with E-state index in [-0.39, 0.29) is 6.54 Å². The largest absolute Gasteiger partial charge is 0.486 e. The van der Waals surface area contributed by atoms with Crippen molar-refractivity contribution in [2.24, 2.45) is 0 Å². The summed E-state index contributed by atoms with van der Waals surface area (Å²) >= 11 is 0. The molecule has 0 radical (unpaired) electrons. The van der Waals surface area contributed by atoms with Gasteiger partial charge in [-0.2, -0.15) is 0 Å². The molecule has 0 spiro atoms. The van der Waals surface area contributed by atoms with E-state index >= 15 is 0 Å². The van der Waals surface area contributed by atoms with Crippen molar-refractivity contribution in [3.63, 3.8) is 0 Å². The van der Waals surface area contributed by atoms with Crippen molar-refractivity contribution in [3.05, 3.63) is 47.9 Å². The van der Waals surface area contributed by atoms with Gasteiger partial charge in [0.1, 0.15) is 19.0 Å². The van der Waals surface area contributed by atoms with E-state index in [1.807, 2.05) is 0 Å². The number of nitrogens with one attached hydrogen (secondary N) is 1. The van der Waals surface area contributed by atoms with E-state index < -0.39 is 18.0 Å². The number of amides is 1. The summed E-state index contributed by atoms with van der Waals surface area (Å²) in [6.45, 7) is 2.64. The summed E-state index contributed by atoms with van der Waals surface area (Å²) in [5.41, 5.74) is 0.296. The van der Waals surface area contributed by atoms with Gasteiger partial charge in [0.15, 0.2) is 17.6 Å². The average Bonchev–Trinajstić information content (AvgIpc) is 3.12. The van der Waals surface area contributed by atoms with Crippen LogP contribution in [0.3, 0.4) is 0 Å². The second-order valence-electron chi connectivity index (χ2n) is 5.20. The summed E-state index contributed by atoms with van der Waals surface area (Å²) in [6, 6.07) is 8.24. The number of benzene rings is 1. The Balaban J connectivity index is 1.56. The van der Waals surface area contributed by atoms with Crippen molar-refractivity contribution in [1.29, 1.82) is 0 Å². The number of ether oxygens (including phenoxy) is 3. The summed E-state index contributed by atoms with van der Waals surface area (Å²) in [6.07, 6.45) is 0.591. The maximum atomic E-state index is 12.2. The molecular formula is C17H17NO6. The molecule has 2 aromatic rings. The summed E-state index contributed by atoms with van der Waals surface area (Å²) in [5.74, 6) is 0.686. The third-order valence-corrected chi connectivity index (χ3v) is 3.45. The van der Waals surface area contributed by atoms with Crippen LogP contribution in [0.2, 0.25) is 0 Å². The van der Waals surface area contributed by atoms with E-state index in [9.17, 15) is 9.59 Å². The quantitative estimate of drug-likeness (QED) is 0.842. The highest BCUT2D eigenvalue weighted by Crippen LogP contribution is 2.31. The first-order valence-corrected chi connectivity index (χ1v) is 7.54. The number of rotatable bonds is 5. The predicted octanol–water partition coefficient (Wildman–Crippen LogP) is 1.91. The standard InChI is InChI=1S/C17H17NO6/c1-11(16(19)18-10-13-3-2-6-21-13)24-17(20)12-4-5-14-15(9-12)23-8-7-22-14/h2-6,9,11H,7-8,10H2,1H3,(H,18,19)/t11-/m1/s1. The fourth-order valence-electron chi connectivity index (χ4n) is 2.18. The number of furan rings is 1. The lowest BCUT2D eigenvalue weighted by Crippen LogP contribution is -2.35. The molecule has 0 saturated carbocycles. The summed E-state index contributed by atoms with van der Waals surface area (Å²) < 4.78 is 21.1. The Bertz CT molecular complexity index is 725. The van der Waals surface area contributed by atoms with Crippen LogP contribution < -0.4 is 14.8 Å². The fourth-order valence-corrected chi connectivity index (χ4v) is 2.18. The number of carbonyl (C=O) groups is 2. The number of carbonyl (C=O) groups excluding carboxylic acids is 2. The first-order chi connectivity index (χ1) is 11.6. The van der Waals surface area contributed by atoms with Gasteiger partial charge in [0.25, 0.3) is 5.91 Å². The molecule has 2 heterocycles. The lowest BCUT2D eigenvalue weighted by molar-refractivity contribution is -0.129. The Morgan fingerprint density at radius 1 is 1.21 bits per heavy atom. The zero-order valence-electron chi connectivity index (χ0n) is 13.1. The topological polar surface area (TPSA) is 87.0 Å². The van der Waals surface area contributed by atoms with Gasteiger partial charge in [-0.15, -0.1) is 0 Å². The summed E-state index contributed by atoms with van der Waals surface area (Å²) in [7, 11) is 0. The van der Waals surface area contributed by atoms with Crippen LogP contribution >= 0.6 is 0 Å². The monoisotopic (exact) mass is 331 g/mol. The van der Waals surface area contributed by atoms with Gasteiger partial charge in [-0.25, -0.2) is 4.79 Å². The third-order valence-electron chi connectivity index (χ3n) is 3.45. The van der Waals surface area contributed by atoms with E-state index in [0.29, 0.717) is 36.0 Å². The maximum absolute atomic E-state index is 12.2. The summed E-state index contributed by atoms with van der Waals surface area (Å²) in [4.78, 5) is 24.1. The Morgan fingerprint density at radius 2 is 2.00 bits per heavy atom. The SMILES string of the molecule is C[C@@H](OC(=O)c1ccc2c(c1)OCCO2)C(=O)NCc1ccco1. The molecule has 1 atom stereocenters. The van der Waals surface area contributed by atoms with Crippen molar-refractivity contribution in [2.45, 2.75) is 19.6 Å². The number of fused-ring (bicyclic) bond motifs is 1. The summed E-state index contributed by atoms with van der Waals surface area (Å²) in [5, 5.41) is 2.64. The molecule has 0 fully saturated rings. The Hall–Kier alpha value is -2.96. The molecular weight excluding hydrogens is 314 g/mol. The molecule has 7 nitrogen and oxygen atoms in total. The molecule has 3 rings (SSSR count). The van der Waals surface area contributed by atoms with Crippen LogP contribution in [0.15, 0.2) is 41.0 Å². The second kappa shape index (κ2) is 7.08. The molecule has 24 heavy (non-hydrogen) atoms. The van der Waals surface area contributed by atoms with Gasteiger partial charge in [-0.1, -0.05) is 0 Å². The van der Waals surface area contributed by atoms with Crippen LogP contribution in [0.25, 0.3) is 0 Å². The molecule has 1 aliphatic heterocycles. The predicted molar refractivity (Wildman–Crippen MR) is 82.9 cm³/mol. The molecule has 0 bridgehead atoms. The molecule has 126 valence electrons. The van der Waals surface area contributed by atoms with Crippen LogP contribution in [0, 0.1) is 0 Å². The molecule has 7 heteroatoms. The molecule has 1 aromatic carbocycles. The van der Waals surface area contributed by atoms with Crippen molar-refractivity contribution in [3.8, 4) is 11.5 Å². The fraction of sp³-hybridized carbons (Fsp3) is 0.294. The van der Waals surface area contributed by atoms with Crippen LogP contribution in [0.4, 0.5) is 0 Å². The molecule has 0 aliphatic carbocycles. The van der Waals surface area contributed by atoms with E-state index in [1.165, 1.54) is 13.2 Å². The van der Waals surface area contributed by atoms with Gasteiger partial charge >= 0.3 is 5.97 Å². The van der Waals surface area contributed by atoms with Crippen molar-refractivity contribution in [1.82, 2.24) is 5.32 Å².